The van der Waals surface area contributed by atoms with Crippen LogP contribution in [0.25, 0.3) is 10.6 Å². The van der Waals surface area contributed by atoms with Crippen molar-refractivity contribution in [3.8, 4) is 10.6 Å². The molecule has 31 heavy (non-hydrogen) atoms. The van der Waals surface area contributed by atoms with Crippen LogP contribution in [0.1, 0.15) is 62.3 Å². The molecule has 5 fully saturated rings. The van der Waals surface area contributed by atoms with Crippen molar-refractivity contribution in [3.63, 3.8) is 0 Å². The Morgan fingerprint density at radius 3 is 2.52 bits per heavy atom. The summed E-state index contributed by atoms with van der Waals surface area (Å²) in [6.07, 6.45) is 9.60. The van der Waals surface area contributed by atoms with Crippen molar-refractivity contribution in [2.24, 2.45) is 17.8 Å². The van der Waals surface area contributed by atoms with Crippen molar-refractivity contribution in [1.29, 1.82) is 0 Å². The molecule has 4 aliphatic carbocycles. The second-order valence-corrected chi connectivity index (χ2v) is 11.3. The van der Waals surface area contributed by atoms with E-state index >= 15 is 0 Å². The monoisotopic (exact) mass is 440 g/mol. The average Bonchev–Trinajstić information content (AvgIpc) is 3.23. The second-order valence-electron chi connectivity index (χ2n) is 10.3. The van der Waals surface area contributed by atoms with E-state index in [4.69, 9.17) is 0 Å². The third-order valence-corrected chi connectivity index (χ3v) is 9.13. The second kappa shape index (κ2) is 7.54. The number of aromatic nitrogens is 2. The van der Waals surface area contributed by atoms with Crippen LogP contribution in [-0.2, 0) is 0 Å². The molecule has 2 aromatic rings. The zero-order valence-corrected chi connectivity index (χ0v) is 18.5. The number of piperidine rings is 1. The van der Waals surface area contributed by atoms with Crippen LogP contribution in [0.2, 0.25) is 0 Å². The van der Waals surface area contributed by atoms with Crippen molar-refractivity contribution >= 4 is 17.4 Å². The van der Waals surface area contributed by atoms with Crippen LogP contribution in [-0.4, -0.2) is 39.8 Å². The molecular weight excluding hydrogens is 411 g/mol. The fraction of sp³-hybridized carbons (Fsp3) is 0.625. The molecule has 0 radical (unpaired) electrons. The molecule has 1 saturated heterocycles. The summed E-state index contributed by atoms with van der Waals surface area (Å²) in [7, 11) is 0. The molecule has 2 heterocycles. The third kappa shape index (κ3) is 3.65. The van der Waals surface area contributed by atoms with Gasteiger partial charge >= 0.3 is 6.03 Å². The van der Waals surface area contributed by atoms with Crippen molar-refractivity contribution in [2.75, 3.05) is 13.1 Å². The molecule has 1 aromatic heterocycles. The summed E-state index contributed by atoms with van der Waals surface area (Å²) in [5.74, 6) is 2.36. The molecule has 1 aliphatic heterocycles. The molecule has 5 nitrogen and oxygen atoms in total. The van der Waals surface area contributed by atoms with Crippen LogP contribution in [0, 0.1) is 23.6 Å². The van der Waals surface area contributed by atoms with Crippen molar-refractivity contribution in [2.45, 2.75) is 62.8 Å². The Morgan fingerprint density at radius 2 is 1.81 bits per heavy atom. The van der Waals surface area contributed by atoms with Gasteiger partial charge in [-0.25, -0.2) is 9.18 Å². The molecule has 4 saturated carbocycles. The van der Waals surface area contributed by atoms with Gasteiger partial charge in [-0.05, 0) is 81.3 Å². The van der Waals surface area contributed by atoms with Crippen LogP contribution in [0.15, 0.2) is 24.3 Å². The highest BCUT2D eigenvalue weighted by Gasteiger charge is 2.52. The van der Waals surface area contributed by atoms with E-state index in [0.717, 1.165) is 42.1 Å². The molecule has 1 atom stereocenters. The Balaban J connectivity index is 1.14. The molecule has 1 N–H and O–H groups in total. The van der Waals surface area contributed by atoms with E-state index in [1.807, 2.05) is 11.0 Å². The Kier molecular flexibility index (Phi) is 4.78. The highest BCUT2D eigenvalue weighted by atomic mass is 32.1. The average molecular weight is 441 g/mol. The number of hydrogen-bond acceptors (Lipinski definition) is 4. The minimum absolute atomic E-state index is 0.0412. The lowest BCUT2D eigenvalue weighted by Gasteiger charge is -2.57. The summed E-state index contributed by atoms with van der Waals surface area (Å²) < 4.78 is 14.1. The van der Waals surface area contributed by atoms with Gasteiger partial charge in [0, 0.05) is 30.1 Å². The van der Waals surface area contributed by atoms with Gasteiger partial charge in [0.15, 0.2) is 5.01 Å². The lowest BCUT2D eigenvalue weighted by atomic mass is 9.53. The van der Waals surface area contributed by atoms with Crippen LogP contribution >= 0.6 is 11.3 Å². The maximum absolute atomic E-state index is 14.1. The number of halogens is 1. The first kappa shape index (κ1) is 19.6. The molecule has 1 unspecified atom stereocenters. The lowest BCUT2D eigenvalue weighted by molar-refractivity contribution is -0.0160. The first-order valence-electron chi connectivity index (χ1n) is 11.7. The molecule has 0 spiro atoms. The number of carbonyl (C=O) groups excluding carboxylic acids is 1. The number of urea groups is 1. The largest absolute Gasteiger partial charge is 0.333 e. The first-order valence-corrected chi connectivity index (χ1v) is 12.5. The molecule has 2 amide bonds. The van der Waals surface area contributed by atoms with Gasteiger partial charge in [-0.2, -0.15) is 0 Å². The highest BCUT2D eigenvalue weighted by Crippen LogP contribution is 2.55. The topological polar surface area (TPSA) is 58.1 Å². The summed E-state index contributed by atoms with van der Waals surface area (Å²) >= 11 is 1.45. The van der Waals surface area contributed by atoms with Crippen LogP contribution in [0.5, 0.6) is 0 Å². The van der Waals surface area contributed by atoms with E-state index < -0.39 is 0 Å². The number of nitrogens with one attached hydrogen (secondary N) is 1. The molecule has 4 bridgehead atoms. The lowest BCUT2D eigenvalue weighted by Crippen LogP contribution is -2.62. The maximum Gasteiger partial charge on any atom is 0.317 e. The van der Waals surface area contributed by atoms with Gasteiger partial charge in [0.1, 0.15) is 10.8 Å². The van der Waals surface area contributed by atoms with Gasteiger partial charge in [0.2, 0.25) is 0 Å². The van der Waals surface area contributed by atoms with E-state index in [1.165, 1.54) is 55.9 Å². The molecule has 164 valence electrons. The number of likely N-dealkylation sites (tertiary alicyclic amines) is 1. The Bertz CT molecular complexity index is 956. The highest BCUT2D eigenvalue weighted by molar-refractivity contribution is 7.14. The van der Waals surface area contributed by atoms with Gasteiger partial charge in [-0.15, -0.1) is 10.2 Å². The van der Waals surface area contributed by atoms with Gasteiger partial charge in [0.25, 0.3) is 0 Å². The van der Waals surface area contributed by atoms with E-state index in [1.54, 1.807) is 12.1 Å². The molecule has 5 aliphatic rings. The fourth-order valence-electron chi connectivity index (χ4n) is 7.08. The summed E-state index contributed by atoms with van der Waals surface area (Å²) in [6, 6.07) is 6.79. The minimum atomic E-state index is -0.273. The van der Waals surface area contributed by atoms with Gasteiger partial charge in [-0.3, -0.25) is 0 Å². The van der Waals surface area contributed by atoms with E-state index in [9.17, 15) is 9.18 Å². The molecule has 1 aromatic carbocycles. The van der Waals surface area contributed by atoms with Crippen molar-refractivity contribution < 1.29 is 9.18 Å². The predicted octanol–water partition coefficient (Wildman–Crippen LogP) is 5.20. The summed E-state index contributed by atoms with van der Waals surface area (Å²) in [4.78, 5) is 15.2. The van der Waals surface area contributed by atoms with E-state index in [2.05, 4.69) is 15.5 Å². The van der Waals surface area contributed by atoms with Gasteiger partial charge in [0.05, 0.1) is 0 Å². The standard InChI is InChI=1S/C24H29FN4OS/c25-20-6-2-1-5-19(20)22-28-27-21(31-22)18-4-3-7-29(14-18)23(30)26-24-11-15-8-16(12-24)10-17(9-15)13-24/h1-2,5-6,15-18H,3-4,7-14H2,(H,26,30). The van der Waals surface area contributed by atoms with Crippen LogP contribution in [0.4, 0.5) is 9.18 Å². The molecule has 7 heteroatoms. The fourth-order valence-corrected chi connectivity index (χ4v) is 8.07. The Morgan fingerprint density at radius 1 is 1.10 bits per heavy atom. The van der Waals surface area contributed by atoms with Crippen LogP contribution < -0.4 is 5.32 Å². The number of rotatable bonds is 3. The van der Waals surface area contributed by atoms with Crippen molar-refractivity contribution in [1.82, 2.24) is 20.4 Å². The zero-order chi connectivity index (χ0) is 21.0. The first-order chi connectivity index (χ1) is 15.1. The van der Waals surface area contributed by atoms with E-state index in [-0.39, 0.29) is 23.3 Å². The number of nitrogens with zero attached hydrogens (tertiary/aromatic N) is 3. The number of hydrogen-bond donors (Lipinski definition) is 1. The Labute approximate surface area is 186 Å². The summed E-state index contributed by atoms with van der Waals surface area (Å²) in [6.45, 7) is 1.47. The SMILES string of the molecule is O=C(NC12CC3CC(CC(C3)C1)C2)N1CCCC(c2nnc(-c3ccccc3F)s2)C1. The van der Waals surface area contributed by atoms with Gasteiger partial charge in [-0.1, -0.05) is 23.5 Å². The summed E-state index contributed by atoms with van der Waals surface area (Å²) in [5.41, 5.74) is 0.540. The predicted molar refractivity (Wildman–Crippen MR) is 118 cm³/mol. The number of benzene rings is 1. The van der Waals surface area contributed by atoms with E-state index in [0.29, 0.717) is 17.1 Å². The quantitative estimate of drug-likeness (QED) is 0.713. The molecule has 7 rings (SSSR count). The van der Waals surface area contributed by atoms with Gasteiger partial charge < -0.3 is 10.2 Å². The smallest absolute Gasteiger partial charge is 0.317 e. The maximum atomic E-state index is 14.1. The normalized spacial score (nSPS) is 34.2. The zero-order valence-electron chi connectivity index (χ0n) is 17.7. The number of carbonyl (C=O) groups is 1. The number of amides is 2. The van der Waals surface area contributed by atoms with Crippen molar-refractivity contribution in [3.05, 3.63) is 35.1 Å². The Hall–Kier alpha value is -2.02. The van der Waals surface area contributed by atoms with Crippen LogP contribution in [0.3, 0.4) is 0 Å². The third-order valence-electron chi connectivity index (χ3n) is 8.01. The summed E-state index contributed by atoms with van der Waals surface area (Å²) in [5, 5.41) is 13.7. The molecular formula is C24H29FN4OS. The minimum Gasteiger partial charge on any atom is -0.333 e.